The van der Waals surface area contributed by atoms with Crippen molar-refractivity contribution in [2.45, 2.75) is 4.90 Å². The molecular weight excluding hydrogens is 272 g/mol. The van der Waals surface area contributed by atoms with Crippen molar-refractivity contribution >= 4 is 32.6 Å². The second-order valence-corrected chi connectivity index (χ2v) is 5.12. The number of nitrogens with one attached hydrogen (secondary N) is 1. The van der Waals surface area contributed by atoms with Gasteiger partial charge in [-0.3, -0.25) is 14.9 Å². The zero-order valence-electron chi connectivity index (χ0n) is 8.29. The molecule has 9 heteroatoms. The molecule has 0 heterocycles. The van der Waals surface area contributed by atoms with Crippen LogP contribution < -0.4 is 4.72 Å². The average Bonchev–Trinajstić information content (AvgIpc) is 2.27. The summed E-state index contributed by atoms with van der Waals surface area (Å²) in [6.07, 6.45) is 0. The summed E-state index contributed by atoms with van der Waals surface area (Å²) in [5.41, 5.74) is -0.356. The molecule has 0 atom stereocenters. The van der Waals surface area contributed by atoms with Crippen molar-refractivity contribution in [2.75, 3.05) is 6.54 Å². The van der Waals surface area contributed by atoms with E-state index in [2.05, 4.69) is 0 Å². The smallest absolute Gasteiger partial charge is 0.270 e. The number of benzene rings is 1. The van der Waals surface area contributed by atoms with Crippen LogP contribution >= 0.6 is 11.6 Å². The van der Waals surface area contributed by atoms with Crippen molar-refractivity contribution in [1.29, 1.82) is 0 Å². The molecule has 17 heavy (non-hydrogen) atoms. The van der Waals surface area contributed by atoms with Gasteiger partial charge in [0.25, 0.3) is 5.69 Å². The van der Waals surface area contributed by atoms with E-state index < -0.39 is 26.7 Å². The predicted octanol–water partition coefficient (Wildman–Crippen LogP) is 0.639. The Morgan fingerprint density at radius 3 is 2.65 bits per heavy atom. The van der Waals surface area contributed by atoms with Gasteiger partial charge in [0.1, 0.15) is 0 Å². The lowest BCUT2D eigenvalue weighted by Gasteiger charge is -2.03. The molecule has 1 aromatic rings. The molecule has 0 bridgehead atoms. The number of hydrogen-bond donors (Lipinski definition) is 1. The van der Waals surface area contributed by atoms with Crippen LogP contribution in [0.1, 0.15) is 0 Å². The number of nitrogens with zero attached hydrogens (tertiary/aromatic N) is 1. The molecule has 0 aliphatic heterocycles. The third-order valence-corrected chi connectivity index (χ3v) is 3.27. The van der Waals surface area contributed by atoms with E-state index in [-0.39, 0.29) is 10.6 Å². The second-order valence-electron chi connectivity index (χ2n) is 2.93. The molecule has 0 aromatic heterocycles. The maximum Gasteiger partial charge on any atom is 0.270 e. The minimum atomic E-state index is -3.97. The number of halogens is 1. The first-order valence-corrected chi connectivity index (χ1v) is 6.11. The van der Waals surface area contributed by atoms with E-state index >= 15 is 0 Å². The molecule has 1 rings (SSSR count). The van der Waals surface area contributed by atoms with Crippen LogP contribution in [-0.2, 0) is 14.8 Å². The standard InChI is InChI=1S/C8H7ClN2O5S/c9-8(12)5-10-17(15,16)7-3-1-2-6(4-7)11(13)14/h1-4,10H,5H2. The molecule has 0 amide bonds. The fourth-order valence-electron chi connectivity index (χ4n) is 0.999. The lowest BCUT2D eigenvalue weighted by atomic mass is 10.3. The van der Waals surface area contributed by atoms with Crippen LogP contribution in [0.15, 0.2) is 29.2 Å². The highest BCUT2D eigenvalue weighted by Gasteiger charge is 2.17. The molecule has 92 valence electrons. The van der Waals surface area contributed by atoms with E-state index in [1.54, 1.807) is 0 Å². The molecular formula is C8H7ClN2O5S. The maximum absolute atomic E-state index is 11.6. The Balaban J connectivity index is 3.03. The molecule has 0 spiro atoms. The first-order chi connectivity index (χ1) is 7.83. The van der Waals surface area contributed by atoms with Crippen LogP contribution in [0.25, 0.3) is 0 Å². The minimum Gasteiger partial charge on any atom is -0.280 e. The largest absolute Gasteiger partial charge is 0.280 e. The Labute approximate surface area is 102 Å². The lowest BCUT2D eigenvalue weighted by Crippen LogP contribution is -2.27. The molecule has 0 aliphatic rings. The molecule has 1 N–H and O–H groups in total. The van der Waals surface area contributed by atoms with Crippen molar-refractivity contribution in [3.05, 3.63) is 34.4 Å². The number of nitro groups is 1. The van der Waals surface area contributed by atoms with E-state index in [1.165, 1.54) is 12.1 Å². The number of carbonyl (C=O) groups excluding carboxylic acids is 1. The van der Waals surface area contributed by atoms with E-state index in [0.717, 1.165) is 12.1 Å². The van der Waals surface area contributed by atoms with Crippen LogP contribution in [0.5, 0.6) is 0 Å². The minimum absolute atomic E-state index is 0.301. The Morgan fingerprint density at radius 1 is 1.47 bits per heavy atom. The van der Waals surface area contributed by atoms with E-state index in [0.29, 0.717) is 0 Å². The van der Waals surface area contributed by atoms with E-state index in [1.807, 2.05) is 4.72 Å². The monoisotopic (exact) mass is 278 g/mol. The van der Waals surface area contributed by atoms with Gasteiger partial charge in [-0.2, -0.15) is 0 Å². The summed E-state index contributed by atoms with van der Waals surface area (Å²) < 4.78 is 25.0. The number of non-ortho nitro benzene ring substituents is 1. The molecule has 1 aromatic carbocycles. The van der Waals surface area contributed by atoms with Gasteiger partial charge in [-0.25, -0.2) is 13.1 Å². The third-order valence-electron chi connectivity index (χ3n) is 1.74. The summed E-state index contributed by atoms with van der Waals surface area (Å²) in [4.78, 5) is 19.9. The number of hydrogen-bond acceptors (Lipinski definition) is 5. The van der Waals surface area contributed by atoms with Crippen LogP contribution in [0, 0.1) is 10.1 Å². The summed E-state index contributed by atoms with van der Waals surface area (Å²) in [5.74, 6) is 0. The van der Waals surface area contributed by atoms with Gasteiger partial charge in [-0.05, 0) is 17.7 Å². The third kappa shape index (κ3) is 3.77. The molecule has 0 saturated heterocycles. The molecule has 0 saturated carbocycles. The first kappa shape index (κ1) is 13.6. The fraction of sp³-hybridized carbons (Fsp3) is 0.125. The van der Waals surface area contributed by atoms with Gasteiger partial charge in [0.05, 0.1) is 16.4 Å². The van der Waals surface area contributed by atoms with Gasteiger partial charge >= 0.3 is 0 Å². The number of nitro benzene ring substituents is 1. The number of carbonyl (C=O) groups is 1. The van der Waals surface area contributed by atoms with E-state index in [9.17, 15) is 23.3 Å². The van der Waals surface area contributed by atoms with Gasteiger partial charge in [-0.1, -0.05) is 6.07 Å². The van der Waals surface area contributed by atoms with Crippen LogP contribution in [0.4, 0.5) is 5.69 Å². The summed E-state index contributed by atoms with van der Waals surface area (Å²) in [6, 6.07) is 4.45. The summed E-state index contributed by atoms with van der Waals surface area (Å²) in [7, 11) is -3.97. The van der Waals surface area contributed by atoms with E-state index in [4.69, 9.17) is 11.6 Å². The molecule has 0 radical (unpaired) electrons. The van der Waals surface area contributed by atoms with Crippen molar-refractivity contribution < 1.29 is 18.1 Å². The Morgan fingerprint density at radius 2 is 2.12 bits per heavy atom. The topological polar surface area (TPSA) is 106 Å². The van der Waals surface area contributed by atoms with Crippen LogP contribution in [-0.4, -0.2) is 25.1 Å². The molecule has 7 nitrogen and oxygen atoms in total. The zero-order chi connectivity index (χ0) is 13.1. The second kappa shape index (κ2) is 5.21. The Hall–Kier alpha value is -1.51. The predicted molar refractivity (Wildman–Crippen MR) is 59.1 cm³/mol. The zero-order valence-corrected chi connectivity index (χ0v) is 9.86. The highest BCUT2D eigenvalue weighted by molar-refractivity contribution is 7.89. The normalized spacial score (nSPS) is 11.1. The number of sulfonamides is 1. The first-order valence-electron chi connectivity index (χ1n) is 4.25. The van der Waals surface area contributed by atoms with Gasteiger partial charge < -0.3 is 0 Å². The molecule has 0 fully saturated rings. The quantitative estimate of drug-likeness (QED) is 0.483. The lowest BCUT2D eigenvalue weighted by molar-refractivity contribution is -0.385. The Kier molecular flexibility index (Phi) is 4.16. The highest BCUT2D eigenvalue weighted by Crippen LogP contribution is 2.16. The maximum atomic E-state index is 11.6. The van der Waals surface area contributed by atoms with Gasteiger partial charge in [0.2, 0.25) is 15.3 Å². The van der Waals surface area contributed by atoms with Crippen molar-refractivity contribution in [3.8, 4) is 0 Å². The van der Waals surface area contributed by atoms with Crippen molar-refractivity contribution in [1.82, 2.24) is 4.72 Å². The molecule has 0 unspecified atom stereocenters. The molecule has 0 aliphatic carbocycles. The van der Waals surface area contributed by atoms with Crippen LogP contribution in [0.2, 0.25) is 0 Å². The summed E-state index contributed by atoms with van der Waals surface area (Å²) in [6.45, 7) is -0.577. The van der Waals surface area contributed by atoms with Gasteiger partial charge in [0, 0.05) is 12.1 Å². The highest BCUT2D eigenvalue weighted by atomic mass is 35.5. The van der Waals surface area contributed by atoms with Crippen LogP contribution in [0.3, 0.4) is 0 Å². The van der Waals surface area contributed by atoms with Crippen molar-refractivity contribution in [3.63, 3.8) is 0 Å². The SMILES string of the molecule is O=C(Cl)CNS(=O)(=O)c1cccc([N+](=O)[O-])c1. The van der Waals surface area contributed by atoms with Crippen molar-refractivity contribution in [2.24, 2.45) is 0 Å². The summed E-state index contributed by atoms with van der Waals surface area (Å²) in [5, 5.41) is 9.59. The van der Waals surface area contributed by atoms with Gasteiger partial charge in [-0.15, -0.1) is 0 Å². The Bertz CT molecular complexity index is 557. The summed E-state index contributed by atoms with van der Waals surface area (Å²) >= 11 is 4.98. The number of rotatable bonds is 5. The van der Waals surface area contributed by atoms with Gasteiger partial charge in [0.15, 0.2) is 0 Å². The fourth-order valence-corrected chi connectivity index (χ4v) is 2.17. The average molecular weight is 279 g/mol.